The molecule has 1 aromatic carbocycles. The Bertz CT molecular complexity index is 551. The van der Waals surface area contributed by atoms with Crippen molar-refractivity contribution in [1.29, 1.82) is 5.53 Å². The van der Waals surface area contributed by atoms with E-state index in [4.69, 9.17) is 24.5 Å². The number of rotatable bonds is 3. The van der Waals surface area contributed by atoms with E-state index in [1.54, 1.807) is 0 Å². The average Bonchev–Trinajstić information content (AvgIpc) is 2.58. The number of hydrogen-bond donors (Lipinski definition) is 2. The smallest absolute Gasteiger partial charge is 0.214 e. The lowest BCUT2D eigenvalue weighted by Gasteiger charge is -2.44. The van der Waals surface area contributed by atoms with Crippen molar-refractivity contribution in [3.05, 3.63) is 35.9 Å². The number of fused-ring (bicyclic) bond motifs is 1. The van der Waals surface area contributed by atoms with E-state index in [-0.39, 0.29) is 6.61 Å². The van der Waals surface area contributed by atoms with E-state index in [0.717, 1.165) is 5.56 Å². The summed E-state index contributed by atoms with van der Waals surface area (Å²) in [6.45, 7) is 0.270. The van der Waals surface area contributed by atoms with Crippen LogP contribution < -0.4 is 4.91 Å². The molecule has 8 nitrogen and oxygen atoms in total. The first-order valence-corrected chi connectivity index (χ1v) is 6.99. The fourth-order valence-corrected chi connectivity index (χ4v) is 2.74. The van der Waals surface area contributed by atoms with Gasteiger partial charge in [-0.3, -0.25) is 0 Å². The summed E-state index contributed by atoms with van der Waals surface area (Å²) in [5.74, 6) is 0. The molecule has 1 unspecified atom stereocenters. The minimum absolute atomic E-state index is 0.270. The van der Waals surface area contributed by atoms with E-state index in [9.17, 15) is 5.11 Å². The van der Waals surface area contributed by atoms with Crippen molar-refractivity contribution < 1.29 is 24.1 Å². The van der Waals surface area contributed by atoms with Gasteiger partial charge in [0.05, 0.1) is 6.61 Å². The molecular formula is C14H18N3O5+. The molecule has 0 saturated carbocycles. The van der Waals surface area contributed by atoms with Gasteiger partial charge in [0.15, 0.2) is 12.6 Å². The Morgan fingerprint density at radius 2 is 2.09 bits per heavy atom. The number of aliphatic hydroxyl groups is 1. The predicted octanol–water partition coefficient (Wildman–Crippen LogP) is 0.752. The Hall–Kier alpha value is -1.67. The van der Waals surface area contributed by atoms with Gasteiger partial charge in [-0.1, -0.05) is 30.3 Å². The Balaban J connectivity index is 1.79. The van der Waals surface area contributed by atoms with Crippen LogP contribution in [0.1, 0.15) is 11.9 Å². The number of ether oxygens (including phenoxy) is 4. The molecule has 2 aliphatic rings. The normalized spacial score (nSPS) is 37.9. The monoisotopic (exact) mass is 308 g/mol. The lowest BCUT2D eigenvalue weighted by molar-refractivity contribution is -0.339. The molecular weight excluding hydrogens is 290 g/mol. The maximum Gasteiger partial charge on any atom is 0.214 e. The zero-order chi connectivity index (χ0) is 15.5. The van der Waals surface area contributed by atoms with Gasteiger partial charge < -0.3 is 24.1 Å². The zero-order valence-corrected chi connectivity index (χ0v) is 12.0. The highest BCUT2D eigenvalue weighted by Gasteiger charge is 2.51. The first-order valence-electron chi connectivity index (χ1n) is 6.99. The van der Waals surface area contributed by atoms with Gasteiger partial charge in [-0.05, 0) is 0 Å². The van der Waals surface area contributed by atoms with Gasteiger partial charge in [-0.15, -0.1) is 0 Å². The van der Waals surface area contributed by atoms with Crippen molar-refractivity contribution in [2.24, 2.45) is 5.11 Å². The first-order chi connectivity index (χ1) is 10.7. The second kappa shape index (κ2) is 6.62. The van der Waals surface area contributed by atoms with Crippen LogP contribution in [0.4, 0.5) is 0 Å². The number of benzene rings is 1. The molecule has 0 aromatic heterocycles. The van der Waals surface area contributed by atoms with E-state index in [2.05, 4.69) is 10.0 Å². The summed E-state index contributed by atoms with van der Waals surface area (Å²) in [5.41, 5.74) is 7.73. The van der Waals surface area contributed by atoms with Crippen LogP contribution in [0.2, 0.25) is 0 Å². The van der Waals surface area contributed by atoms with E-state index < -0.39 is 36.9 Å². The van der Waals surface area contributed by atoms with Gasteiger partial charge in [0.2, 0.25) is 11.0 Å². The summed E-state index contributed by atoms with van der Waals surface area (Å²) in [6.07, 6.45) is -3.44. The van der Waals surface area contributed by atoms with Crippen LogP contribution in [0, 0.1) is 5.53 Å². The molecule has 0 spiro atoms. The van der Waals surface area contributed by atoms with Crippen molar-refractivity contribution >= 4 is 0 Å². The fourth-order valence-electron chi connectivity index (χ4n) is 2.74. The molecule has 2 heterocycles. The Kier molecular flexibility index (Phi) is 4.58. The summed E-state index contributed by atoms with van der Waals surface area (Å²) < 4.78 is 22.4. The van der Waals surface area contributed by atoms with Crippen LogP contribution in [0.25, 0.3) is 0 Å². The van der Waals surface area contributed by atoms with Crippen molar-refractivity contribution in [3.63, 3.8) is 0 Å². The van der Waals surface area contributed by atoms with Crippen LogP contribution in [0.15, 0.2) is 35.4 Å². The molecule has 8 heteroatoms. The predicted molar refractivity (Wildman–Crippen MR) is 72.8 cm³/mol. The third-order valence-electron chi connectivity index (χ3n) is 3.83. The molecule has 2 saturated heterocycles. The first kappa shape index (κ1) is 15.2. The molecule has 2 fully saturated rings. The van der Waals surface area contributed by atoms with Crippen LogP contribution in [0.3, 0.4) is 0 Å². The SMILES string of the molecule is CO[C@@H]1O[C@H]2COC(c3ccccc3)O[C@@H]2[C@H](O)[C@H]1N=[N+]=N. The molecule has 118 valence electrons. The number of nitrogens with one attached hydrogen (secondary N) is 1. The third-order valence-corrected chi connectivity index (χ3v) is 3.83. The summed E-state index contributed by atoms with van der Waals surface area (Å²) in [4.78, 5) is 2.99. The molecule has 2 aliphatic heterocycles. The Labute approximate surface area is 127 Å². The van der Waals surface area contributed by atoms with Crippen molar-refractivity contribution in [3.8, 4) is 0 Å². The highest BCUT2D eigenvalue weighted by molar-refractivity contribution is 5.16. The van der Waals surface area contributed by atoms with E-state index in [1.165, 1.54) is 7.11 Å². The second-order valence-corrected chi connectivity index (χ2v) is 5.15. The number of methoxy groups -OCH3 is 1. The maximum atomic E-state index is 10.5. The molecule has 0 aliphatic carbocycles. The van der Waals surface area contributed by atoms with E-state index >= 15 is 0 Å². The molecule has 22 heavy (non-hydrogen) atoms. The van der Waals surface area contributed by atoms with Gasteiger partial charge in [-0.25, -0.2) is 0 Å². The van der Waals surface area contributed by atoms with Crippen molar-refractivity contribution in [1.82, 2.24) is 4.91 Å². The molecule has 6 atom stereocenters. The standard InChI is InChI=1S/C14H18N3O5/c1-19-14-10(16-17-15)11(18)12-9(21-14)7-20-13(22-12)8-5-3-2-4-6-8/h2-6,9-15,18H,7H2,1H3/q+1/t9-,10+,11+,12-,13?,14+/m0/s1. The van der Waals surface area contributed by atoms with E-state index in [1.807, 2.05) is 30.3 Å². The topological polar surface area (TPSA) is 107 Å². The zero-order valence-electron chi connectivity index (χ0n) is 12.0. The van der Waals surface area contributed by atoms with Gasteiger partial charge in [-0.2, -0.15) is 0 Å². The van der Waals surface area contributed by atoms with Gasteiger partial charge in [0, 0.05) is 12.7 Å². The number of nitrogens with zero attached hydrogens (tertiary/aromatic N) is 2. The molecule has 0 amide bonds. The molecule has 0 bridgehead atoms. The Morgan fingerprint density at radius 3 is 2.77 bits per heavy atom. The third kappa shape index (κ3) is 2.80. The lowest BCUT2D eigenvalue weighted by atomic mass is 9.96. The number of hydrogen-bond acceptors (Lipinski definition) is 7. The highest BCUT2D eigenvalue weighted by Crippen LogP contribution is 2.34. The molecule has 0 radical (unpaired) electrons. The van der Waals surface area contributed by atoms with Crippen LogP contribution in [-0.4, -0.2) is 49.5 Å². The van der Waals surface area contributed by atoms with Gasteiger partial charge in [0.25, 0.3) is 0 Å². The minimum atomic E-state index is -0.993. The van der Waals surface area contributed by atoms with Crippen molar-refractivity contribution in [2.45, 2.75) is 36.9 Å². The maximum absolute atomic E-state index is 10.5. The average molecular weight is 308 g/mol. The molecule has 3 rings (SSSR count). The summed E-state index contributed by atoms with van der Waals surface area (Å²) >= 11 is 0. The largest absolute Gasteiger partial charge is 0.388 e. The summed E-state index contributed by atoms with van der Waals surface area (Å²) in [5, 5.41) is 14.2. The van der Waals surface area contributed by atoms with Gasteiger partial charge >= 0.3 is 0 Å². The lowest BCUT2D eigenvalue weighted by Crippen LogP contribution is -2.61. The van der Waals surface area contributed by atoms with Gasteiger partial charge in [0.1, 0.15) is 29.0 Å². The van der Waals surface area contributed by atoms with Crippen LogP contribution >= 0.6 is 0 Å². The summed E-state index contributed by atoms with van der Waals surface area (Å²) in [7, 11) is 1.45. The van der Waals surface area contributed by atoms with E-state index in [0.29, 0.717) is 0 Å². The second-order valence-electron chi connectivity index (χ2n) is 5.15. The highest BCUT2D eigenvalue weighted by atomic mass is 16.7. The minimum Gasteiger partial charge on any atom is -0.388 e. The van der Waals surface area contributed by atoms with Crippen LogP contribution in [-0.2, 0) is 18.9 Å². The Morgan fingerprint density at radius 1 is 1.32 bits per heavy atom. The molecule has 2 N–H and O–H groups in total. The number of aliphatic hydroxyl groups excluding tert-OH is 1. The quantitative estimate of drug-likeness (QED) is 0.633. The van der Waals surface area contributed by atoms with Crippen molar-refractivity contribution in [2.75, 3.05) is 13.7 Å². The summed E-state index contributed by atoms with van der Waals surface area (Å²) in [6, 6.07) is 8.65. The fraction of sp³-hybridized carbons (Fsp3) is 0.571. The van der Waals surface area contributed by atoms with Crippen LogP contribution in [0.5, 0.6) is 0 Å². The molecule has 1 aromatic rings.